The highest BCUT2D eigenvalue weighted by Gasteiger charge is 2.00. The third-order valence-electron chi connectivity index (χ3n) is 1.75. The molecule has 0 amide bonds. The zero-order valence-electron chi connectivity index (χ0n) is 9.55. The molecule has 0 aliphatic rings. The van der Waals surface area contributed by atoms with Crippen LogP contribution in [0.2, 0.25) is 0 Å². The molecule has 0 aliphatic heterocycles. The summed E-state index contributed by atoms with van der Waals surface area (Å²) in [7, 11) is 12.5. The summed E-state index contributed by atoms with van der Waals surface area (Å²) < 4.78 is 1.96. The molecule has 5 nitrogen and oxygen atoms in total. The van der Waals surface area contributed by atoms with Crippen molar-refractivity contribution in [1.29, 1.82) is 0 Å². The lowest BCUT2D eigenvalue weighted by Gasteiger charge is -2.08. The summed E-state index contributed by atoms with van der Waals surface area (Å²) in [6, 6.07) is 0. The molecular formula is C8H15N5S2. The van der Waals surface area contributed by atoms with E-state index in [0.717, 1.165) is 9.60 Å². The standard InChI is InChI=1S/C8H15N5S2/c1-9-6(12(3)4)11-8-13(5)7(10-2)14-15-8/h1-5H3. The molecule has 7 heteroatoms. The van der Waals surface area contributed by atoms with Crippen molar-refractivity contribution in [1.82, 2.24) is 9.47 Å². The van der Waals surface area contributed by atoms with Gasteiger partial charge >= 0.3 is 0 Å². The predicted octanol–water partition coefficient (Wildman–Crippen LogP) is 0.127. The van der Waals surface area contributed by atoms with Crippen LogP contribution in [0, 0.1) is 0 Å². The Morgan fingerprint density at radius 1 is 1.20 bits per heavy atom. The van der Waals surface area contributed by atoms with Crippen molar-refractivity contribution in [3.8, 4) is 0 Å². The molecule has 0 atom stereocenters. The number of guanidine groups is 1. The van der Waals surface area contributed by atoms with Crippen LogP contribution in [0.3, 0.4) is 0 Å². The maximum Gasteiger partial charge on any atom is 0.222 e. The van der Waals surface area contributed by atoms with Crippen molar-refractivity contribution in [2.45, 2.75) is 0 Å². The van der Waals surface area contributed by atoms with Gasteiger partial charge in [0.15, 0.2) is 4.80 Å². The van der Waals surface area contributed by atoms with Crippen molar-refractivity contribution >= 4 is 26.6 Å². The van der Waals surface area contributed by atoms with Crippen LogP contribution in [0.4, 0.5) is 0 Å². The van der Waals surface area contributed by atoms with Crippen LogP contribution in [-0.4, -0.2) is 43.6 Å². The number of aromatic nitrogens is 1. The average molecular weight is 245 g/mol. The topological polar surface area (TPSA) is 45.2 Å². The van der Waals surface area contributed by atoms with Crippen molar-refractivity contribution in [2.24, 2.45) is 22.0 Å². The normalized spacial score (nSPS) is 14.9. The first-order valence-corrected chi connectivity index (χ1v) is 6.53. The van der Waals surface area contributed by atoms with Gasteiger partial charge in [-0.25, -0.2) is 0 Å². The Bertz CT molecular complexity index is 474. The molecule has 1 aromatic heterocycles. The fraction of sp³-hybridized carbons (Fsp3) is 0.625. The second-order valence-corrected chi connectivity index (χ2v) is 5.11. The van der Waals surface area contributed by atoms with E-state index < -0.39 is 0 Å². The summed E-state index contributed by atoms with van der Waals surface area (Å²) in [4.78, 5) is 16.5. The van der Waals surface area contributed by atoms with Gasteiger partial charge in [0, 0.05) is 35.2 Å². The van der Waals surface area contributed by atoms with Gasteiger partial charge in [0.25, 0.3) is 0 Å². The van der Waals surface area contributed by atoms with E-state index in [-0.39, 0.29) is 0 Å². The fourth-order valence-electron chi connectivity index (χ4n) is 0.985. The summed E-state index contributed by atoms with van der Waals surface area (Å²) in [5, 5.41) is 0. The fourth-order valence-corrected chi connectivity index (χ4v) is 3.23. The van der Waals surface area contributed by atoms with Crippen LogP contribution in [0.1, 0.15) is 0 Å². The van der Waals surface area contributed by atoms with E-state index in [2.05, 4.69) is 15.0 Å². The van der Waals surface area contributed by atoms with E-state index in [9.17, 15) is 0 Å². The van der Waals surface area contributed by atoms with Gasteiger partial charge < -0.3 is 4.90 Å². The van der Waals surface area contributed by atoms with E-state index in [0.29, 0.717) is 5.96 Å². The maximum atomic E-state index is 4.45. The second kappa shape index (κ2) is 5.22. The first-order valence-electron chi connectivity index (χ1n) is 4.38. The first kappa shape index (κ1) is 12.1. The molecule has 0 aromatic carbocycles. The van der Waals surface area contributed by atoms with Gasteiger partial charge in [-0.05, 0) is 20.7 Å². The summed E-state index contributed by atoms with van der Waals surface area (Å²) in [6.07, 6.45) is 0. The molecule has 1 aromatic rings. The number of hydrogen-bond donors (Lipinski definition) is 0. The molecule has 0 aliphatic carbocycles. The van der Waals surface area contributed by atoms with Crippen molar-refractivity contribution in [3.63, 3.8) is 0 Å². The highest BCUT2D eigenvalue weighted by Crippen LogP contribution is 1.92. The van der Waals surface area contributed by atoms with E-state index in [1.807, 2.05) is 30.6 Å². The lowest BCUT2D eigenvalue weighted by molar-refractivity contribution is 0.609. The highest BCUT2D eigenvalue weighted by atomic mass is 32.9. The molecule has 0 saturated carbocycles. The Balaban J connectivity index is 3.28. The molecule has 1 rings (SSSR count). The Hall–Kier alpha value is -0.950. The van der Waals surface area contributed by atoms with Gasteiger partial charge in [-0.2, -0.15) is 4.99 Å². The minimum Gasteiger partial charge on any atom is -0.347 e. The summed E-state index contributed by atoms with van der Waals surface area (Å²) in [5.74, 6) is 0.710. The highest BCUT2D eigenvalue weighted by molar-refractivity contribution is 7.67. The summed E-state index contributed by atoms with van der Waals surface area (Å²) >= 11 is 0. The lowest BCUT2D eigenvalue weighted by Crippen LogP contribution is -2.27. The Labute approximate surface area is 96.2 Å². The number of hydrogen-bond acceptors (Lipinski definition) is 4. The molecule has 1 heterocycles. The second-order valence-electron chi connectivity index (χ2n) is 3.04. The van der Waals surface area contributed by atoms with Crippen LogP contribution >= 0.6 is 20.7 Å². The minimum absolute atomic E-state index is 0.710. The Kier molecular flexibility index (Phi) is 4.22. The molecule has 0 saturated heterocycles. The van der Waals surface area contributed by atoms with Crippen LogP contribution in [-0.2, 0) is 7.05 Å². The van der Waals surface area contributed by atoms with Gasteiger partial charge in [-0.3, -0.25) is 14.6 Å². The molecule has 15 heavy (non-hydrogen) atoms. The molecule has 0 spiro atoms. The van der Waals surface area contributed by atoms with Crippen molar-refractivity contribution < 1.29 is 0 Å². The summed E-state index contributed by atoms with van der Waals surface area (Å²) in [6.45, 7) is 0. The van der Waals surface area contributed by atoms with E-state index in [1.54, 1.807) is 34.8 Å². The minimum atomic E-state index is 0.710. The van der Waals surface area contributed by atoms with E-state index in [4.69, 9.17) is 0 Å². The molecule has 0 unspecified atom stereocenters. The van der Waals surface area contributed by atoms with E-state index in [1.165, 1.54) is 0 Å². The van der Waals surface area contributed by atoms with Crippen molar-refractivity contribution in [2.75, 3.05) is 28.2 Å². The molecular weight excluding hydrogens is 230 g/mol. The Morgan fingerprint density at radius 3 is 2.20 bits per heavy atom. The first-order chi connectivity index (χ1) is 7.10. The lowest BCUT2D eigenvalue weighted by atomic mass is 10.8. The van der Waals surface area contributed by atoms with Gasteiger partial charge in [0.05, 0.1) is 0 Å². The van der Waals surface area contributed by atoms with Crippen LogP contribution < -0.4 is 9.60 Å². The zero-order chi connectivity index (χ0) is 11.4. The Morgan fingerprint density at radius 2 is 1.80 bits per heavy atom. The third kappa shape index (κ3) is 2.75. The third-order valence-corrected chi connectivity index (χ3v) is 4.10. The van der Waals surface area contributed by atoms with Crippen LogP contribution in [0.25, 0.3) is 0 Å². The molecule has 0 fully saturated rings. The maximum absolute atomic E-state index is 4.45. The number of aliphatic imine (C=N–C) groups is 1. The summed E-state index contributed by atoms with van der Waals surface area (Å²) in [5.41, 5.74) is 0. The van der Waals surface area contributed by atoms with Gasteiger partial charge in [-0.1, -0.05) is 0 Å². The number of nitrogens with zero attached hydrogens (tertiary/aromatic N) is 5. The molecule has 0 bridgehead atoms. The van der Waals surface area contributed by atoms with Gasteiger partial charge in [0.2, 0.25) is 10.8 Å². The van der Waals surface area contributed by atoms with Gasteiger partial charge in [0.1, 0.15) is 0 Å². The zero-order valence-corrected chi connectivity index (χ0v) is 11.2. The van der Waals surface area contributed by atoms with Crippen molar-refractivity contribution in [3.05, 3.63) is 9.60 Å². The van der Waals surface area contributed by atoms with Crippen LogP contribution in [0.15, 0.2) is 15.0 Å². The van der Waals surface area contributed by atoms with E-state index >= 15 is 0 Å². The SMILES string of the molecule is CN=C(N=c1ssc(=NC)n1C)N(C)C. The average Bonchev–Trinajstić information content (AvgIpc) is 2.55. The van der Waals surface area contributed by atoms with Gasteiger partial charge in [-0.15, -0.1) is 0 Å². The monoisotopic (exact) mass is 245 g/mol. The largest absolute Gasteiger partial charge is 0.347 e. The predicted molar refractivity (Wildman–Crippen MR) is 65.3 cm³/mol. The number of rotatable bonds is 0. The molecule has 0 radical (unpaired) electrons. The van der Waals surface area contributed by atoms with Crippen LogP contribution in [0.5, 0.6) is 0 Å². The molecule has 84 valence electrons. The quantitative estimate of drug-likeness (QED) is 0.364. The molecule has 0 N–H and O–H groups in total. The smallest absolute Gasteiger partial charge is 0.222 e.